The van der Waals surface area contributed by atoms with Crippen molar-refractivity contribution in [3.63, 3.8) is 0 Å². The molecule has 7 nitrogen and oxygen atoms in total. The number of rotatable bonds is 3. The normalized spacial score (nSPS) is 23.4. The molecule has 0 fully saturated rings. The van der Waals surface area contributed by atoms with Crippen molar-refractivity contribution < 1.29 is 22.7 Å². The molecule has 8 heteroatoms. The Labute approximate surface area is 188 Å². The quantitative estimate of drug-likeness (QED) is 0.645. The maximum atomic E-state index is 12.9. The lowest BCUT2D eigenvalue weighted by molar-refractivity contribution is -0.00507. The number of carbonyl (C=O) groups is 1. The third kappa shape index (κ3) is 3.63. The highest BCUT2D eigenvalue weighted by Crippen LogP contribution is 2.46. The molecule has 172 valence electrons. The molecule has 0 bridgehead atoms. The Kier molecular flexibility index (Phi) is 4.77. The van der Waals surface area contributed by atoms with E-state index in [-0.39, 0.29) is 10.5 Å². The van der Waals surface area contributed by atoms with Gasteiger partial charge in [0.1, 0.15) is 5.76 Å². The lowest BCUT2D eigenvalue weighted by atomic mass is 9.70. The smallest absolute Gasteiger partial charge is 0.333 e. The Morgan fingerprint density at radius 1 is 1.03 bits per heavy atom. The van der Waals surface area contributed by atoms with Gasteiger partial charge in [-0.05, 0) is 79.5 Å². The van der Waals surface area contributed by atoms with Gasteiger partial charge < -0.3 is 14.8 Å². The number of fused-ring (bicyclic) bond motifs is 3. The van der Waals surface area contributed by atoms with Crippen LogP contribution in [0.2, 0.25) is 0 Å². The molecule has 1 aromatic carbocycles. The fraction of sp³-hybridized carbons (Fsp3) is 0.542. The Balaban J connectivity index is 1.40. The summed E-state index contributed by atoms with van der Waals surface area (Å²) in [6, 6.07) is 2.81. The first-order valence-corrected chi connectivity index (χ1v) is 12.8. The van der Waals surface area contributed by atoms with Gasteiger partial charge in [-0.25, -0.2) is 9.52 Å². The molecule has 32 heavy (non-hydrogen) atoms. The minimum atomic E-state index is -4.23. The number of aliphatic hydroxyl groups is 1. The van der Waals surface area contributed by atoms with Crippen LogP contribution >= 0.6 is 0 Å². The fourth-order valence-corrected chi connectivity index (χ4v) is 6.81. The van der Waals surface area contributed by atoms with Gasteiger partial charge in [0.2, 0.25) is 5.09 Å². The first kappa shape index (κ1) is 21.5. The van der Waals surface area contributed by atoms with Crippen molar-refractivity contribution in [3.05, 3.63) is 45.7 Å². The van der Waals surface area contributed by atoms with Crippen LogP contribution in [0.15, 0.2) is 21.6 Å². The average molecular weight is 459 g/mol. The second-order valence-electron chi connectivity index (χ2n) is 10.5. The second kappa shape index (κ2) is 7.09. The van der Waals surface area contributed by atoms with E-state index in [0.717, 1.165) is 55.3 Å². The van der Waals surface area contributed by atoms with Crippen molar-refractivity contribution in [1.82, 2.24) is 4.72 Å². The van der Waals surface area contributed by atoms with Crippen LogP contribution in [0, 0.1) is 5.41 Å². The van der Waals surface area contributed by atoms with Crippen LogP contribution in [0.1, 0.15) is 73.6 Å². The molecular weight excluding hydrogens is 428 g/mol. The van der Waals surface area contributed by atoms with Crippen LogP contribution in [0.5, 0.6) is 0 Å². The van der Waals surface area contributed by atoms with Gasteiger partial charge in [-0.2, -0.15) is 8.42 Å². The van der Waals surface area contributed by atoms with E-state index in [9.17, 15) is 18.3 Å². The summed E-state index contributed by atoms with van der Waals surface area (Å²) in [5.74, 6) is 0.450. The SMILES string of the molecule is CC1(C)Cc2oc(S(=O)(=O)NC(=O)Nc3c4c(cc5c3CCC5)CCC4)cc2C(C)(O)C1. The maximum Gasteiger partial charge on any atom is 0.333 e. The number of hydrogen-bond donors (Lipinski definition) is 3. The Bertz CT molecular complexity index is 1190. The van der Waals surface area contributed by atoms with Gasteiger partial charge in [-0.1, -0.05) is 19.9 Å². The van der Waals surface area contributed by atoms with Crippen molar-refractivity contribution in [3.8, 4) is 0 Å². The molecule has 1 heterocycles. The number of aryl methyl sites for hydroxylation is 2. The largest absolute Gasteiger partial charge is 0.447 e. The van der Waals surface area contributed by atoms with Crippen molar-refractivity contribution in [1.29, 1.82) is 0 Å². The number of amides is 2. The van der Waals surface area contributed by atoms with Crippen LogP contribution in [0.25, 0.3) is 0 Å². The highest BCUT2D eigenvalue weighted by atomic mass is 32.2. The number of nitrogens with one attached hydrogen (secondary N) is 2. The van der Waals surface area contributed by atoms with Gasteiger partial charge in [-0.3, -0.25) is 0 Å². The molecule has 0 saturated heterocycles. The predicted molar refractivity (Wildman–Crippen MR) is 120 cm³/mol. The molecule has 1 unspecified atom stereocenters. The first-order chi connectivity index (χ1) is 15.0. The van der Waals surface area contributed by atoms with Gasteiger partial charge in [-0.15, -0.1) is 0 Å². The molecule has 0 radical (unpaired) electrons. The standard InChI is InChI=1S/C24H30N2O5S/c1-23(2)12-19-18(24(3,28)13-23)11-20(31-19)32(29,30)26-22(27)25-21-16-8-4-6-14(16)10-15-7-5-9-17(15)21/h10-11,28H,4-9,12-13H2,1-3H3,(H2,25,26,27). The van der Waals surface area contributed by atoms with Crippen molar-refractivity contribution in [2.24, 2.45) is 5.41 Å². The van der Waals surface area contributed by atoms with Gasteiger partial charge in [0.15, 0.2) is 0 Å². The monoisotopic (exact) mass is 458 g/mol. The molecule has 1 atom stereocenters. The topological polar surface area (TPSA) is 109 Å². The molecule has 2 aromatic rings. The molecule has 2 amide bonds. The first-order valence-electron chi connectivity index (χ1n) is 11.3. The van der Waals surface area contributed by atoms with Gasteiger partial charge in [0, 0.05) is 23.7 Å². The van der Waals surface area contributed by atoms with E-state index < -0.39 is 21.7 Å². The van der Waals surface area contributed by atoms with Crippen LogP contribution in [0.4, 0.5) is 10.5 Å². The third-order valence-corrected chi connectivity index (χ3v) is 8.22. The molecule has 3 aliphatic carbocycles. The zero-order valence-corrected chi connectivity index (χ0v) is 19.6. The highest BCUT2D eigenvalue weighted by molar-refractivity contribution is 7.89. The van der Waals surface area contributed by atoms with E-state index in [1.165, 1.54) is 17.2 Å². The zero-order valence-electron chi connectivity index (χ0n) is 18.8. The van der Waals surface area contributed by atoms with Gasteiger partial charge in [0.25, 0.3) is 10.0 Å². The molecule has 3 aliphatic rings. The highest BCUT2D eigenvalue weighted by Gasteiger charge is 2.43. The molecule has 1 aromatic heterocycles. The third-order valence-electron chi connectivity index (χ3n) is 7.03. The van der Waals surface area contributed by atoms with Crippen molar-refractivity contribution in [2.45, 2.75) is 82.8 Å². The van der Waals surface area contributed by atoms with E-state index >= 15 is 0 Å². The number of carbonyl (C=O) groups excluding carboxylic acids is 1. The van der Waals surface area contributed by atoms with E-state index in [1.807, 2.05) is 13.8 Å². The summed E-state index contributed by atoms with van der Waals surface area (Å²) in [6.45, 7) is 5.67. The number of sulfonamides is 1. The van der Waals surface area contributed by atoms with Gasteiger partial charge >= 0.3 is 6.03 Å². The van der Waals surface area contributed by atoms with E-state index in [1.54, 1.807) is 6.92 Å². The van der Waals surface area contributed by atoms with Crippen LogP contribution < -0.4 is 10.0 Å². The summed E-state index contributed by atoms with van der Waals surface area (Å²) in [6.07, 6.45) is 6.85. The van der Waals surface area contributed by atoms with E-state index in [4.69, 9.17) is 4.42 Å². The van der Waals surface area contributed by atoms with Gasteiger partial charge in [0.05, 0.1) is 5.60 Å². The van der Waals surface area contributed by atoms with Crippen molar-refractivity contribution >= 4 is 21.7 Å². The number of anilines is 1. The number of hydrogen-bond acceptors (Lipinski definition) is 5. The van der Waals surface area contributed by atoms with E-state index in [0.29, 0.717) is 24.2 Å². The summed E-state index contributed by atoms with van der Waals surface area (Å²) < 4.78 is 33.6. The lowest BCUT2D eigenvalue weighted by Crippen LogP contribution is -2.35. The lowest BCUT2D eigenvalue weighted by Gasteiger charge is -2.38. The maximum absolute atomic E-state index is 12.9. The summed E-state index contributed by atoms with van der Waals surface area (Å²) in [4.78, 5) is 12.8. The number of benzene rings is 1. The molecule has 3 N–H and O–H groups in total. The molecule has 0 aliphatic heterocycles. The number of urea groups is 1. The van der Waals surface area contributed by atoms with Crippen LogP contribution in [0.3, 0.4) is 0 Å². The fourth-order valence-electron chi connectivity index (χ4n) is 5.93. The summed E-state index contributed by atoms with van der Waals surface area (Å²) >= 11 is 0. The van der Waals surface area contributed by atoms with Crippen LogP contribution in [-0.4, -0.2) is 19.6 Å². The Morgan fingerprint density at radius 2 is 1.66 bits per heavy atom. The zero-order chi connectivity index (χ0) is 22.9. The van der Waals surface area contributed by atoms with Crippen molar-refractivity contribution in [2.75, 3.05) is 5.32 Å². The van der Waals surface area contributed by atoms with E-state index in [2.05, 4.69) is 16.1 Å². The summed E-state index contributed by atoms with van der Waals surface area (Å²) in [5, 5.41) is 13.3. The minimum absolute atomic E-state index is 0.228. The second-order valence-corrected chi connectivity index (χ2v) is 12.1. The van der Waals surface area contributed by atoms with Crippen LogP contribution in [-0.2, 0) is 47.7 Å². The number of furan rings is 1. The Hall–Kier alpha value is -2.32. The molecule has 0 spiro atoms. The molecular formula is C24H30N2O5S. The summed E-state index contributed by atoms with van der Waals surface area (Å²) in [5.41, 5.74) is 4.60. The minimum Gasteiger partial charge on any atom is -0.447 e. The predicted octanol–water partition coefficient (Wildman–Crippen LogP) is 3.95. The average Bonchev–Trinajstić information content (AvgIpc) is 3.37. The Morgan fingerprint density at radius 3 is 2.28 bits per heavy atom. The molecule has 0 saturated carbocycles. The molecule has 5 rings (SSSR count). The summed E-state index contributed by atoms with van der Waals surface area (Å²) in [7, 11) is -4.23.